The summed E-state index contributed by atoms with van der Waals surface area (Å²) >= 11 is 1.45. The van der Waals surface area contributed by atoms with Crippen LogP contribution < -0.4 is 5.32 Å². The number of aryl methyl sites for hydroxylation is 2. The molecule has 2 unspecified atom stereocenters. The molecule has 1 saturated heterocycles. The number of nitrogens with one attached hydrogen (secondary N) is 1. The van der Waals surface area contributed by atoms with Crippen LogP contribution in [0.3, 0.4) is 0 Å². The predicted molar refractivity (Wildman–Crippen MR) is 95.7 cm³/mol. The Morgan fingerprint density at radius 1 is 1.36 bits per heavy atom. The third-order valence-corrected chi connectivity index (χ3v) is 5.00. The molecule has 1 aliphatic heterocycles. The highest BCUT2D eigenvalue weighted by Crippen LogP contribution is 2.20. The largest absolute Gasteiger partial charge is 0.373 e. The van der Waals surface area contributed by atoms with E-state index in [1.54, 1.807) is 0 Å². The summed E-state index contributed by atoms with van der Waals surface area (Å²) in [6.45, 7) is 10.4. The highest BCUT2D eigenvalue weighted by Gasteiger charge is 2.23. The molecule has 3 heterocycles. The van der Waals surface area contributed by atoms with E-state index in [1.807, 2.05) is 19.2 Å². The van der Waals surface area contributed by atoms with Crippen LogP contribution in [-0.2, 0) is 22.5 Å². The Hall–Kier alpha value is -1.77. The number of nitrogens with zero attached hydrogens (tertiary/aromatic N) is 3. The molecule has 0 radical (unpaired) electrons. The van der Waals surface area contributed by atoms with Gasteiger partial charge in [0.1, 0.15) is 5.76 Å². The molecule has 136 valence electrons. The topological polar surface area (TPSA) is 80.5 Å². The van der Waals surface area contributed by atoms with Gasteiger partial charge in [-0.15, -0.1) is 11.3 Å². The molecule has 0 bridgehead atoms. The average Bonchev–Trinajstić information content (AvgIpc) is 3.07. The second-order valence-electron chi connectivity index (χ2n) is 6.62. The second-order valence-corrected chi connectivity index (χ2v) is 7.48. The zero-order valence-electron chi connectivity index (χ0n) is 15.0. The number of carbonyl (C=O) groups excluding carboxylic acids is 1. The van der Waals surface area contributed by atoms with Crippen LogP contribution in [0.15, 0.2) is 9.90 Å². The Labute approximate surface area is 151 Å². The molecule has 1 N–H and O–H groups in total. The molecule has 1 aliphatic rings. The molecule has 3 rings (SSSR count). The first kappa shape index (κ1) is 18.0. The molecule has 8 heteroatoms. The Balaban J connectivity index is 1.55. The fourth-order valence-electron chi connectivity index (χ4n) is 3.16. The number of morpholine rings is 1. The van der Waals surface area contributed by atoms with Gasteiger partial charge in [-0.05, 0) is 27.7 Å². The van der Waals surface area contributed by atoms with Gasteiger partial charge in [-0.25, -0.2) is 4.98 Å². The molecule has 2 atom stereocenters. The molecule has 0 spiro atoms. The predicted octanol–water partition coefficient (Wildman–Crippen LogP) is 2.54. The van der Waals surface area contributed by atoms with Gasteiger partial charge in [0.2, 0.25) is 5.91 Å². The van der Waals surface area contributed by atoms with Crippen molar-refractivity contribution in [2.75, 3.05) is 18.4 Å². The van der Waals surface area contributed by atoms with E-state index in [0.29, 0.717) is 10.9 Å². The SMILES string of the molecule is Cc1noc(C)c1CC(=O)Nc1nc(CN2CC(C)OC(C)C2)cs1. The highest BCUT2D eigenvalue weighted by molar-refractivity contribution is 7.13. The minimum Gasteiger partial charge on any atom is -0.373 e. The third kappa shape index (κ3) is 4.65. The maximum absolute atomic E-state index is 12.2. The number of thiazole rings is 1. The van der Waals surface area contributed by atoms with Gasteiger partial charge in [-0.1, -0.05) is 5.16 Å². The summed E-state index contributed by atoms with van der Waals surface area (Å²) in [4.78, 5) is 19.1. The van der Waals surface area contributed by atoms with Crippen molar-refractivity contribution in [3.8, 4) is 0 Å². The van der Waals surface area contributed by atoms with E-state index in [9.17, 15) is 4.79 Å². The fourth-order valence-corrected chi connectivity index (χ4v) is 3.88. The van der Waals surface area contributed by atoms with Crippen LogP contribution in [0.2, 0.25) is 0 Å². The molecule has 0 aliphatic carbocycles. The zero-order valence-corrected chi connectivity index (χ0v) is 15.9. The third-order valence-electron chi connectivity index (χ3n) is 4.20. The monoisotopic (exact) mass is 364 g/mol. The lowest BCUT2D eigenvalue weighted by Gasteiger charge is -2.34. The molecule has 2 aromatic heterocycles. The van der Waals surface area contributed by atoms with Gasteiger partial charge >= 0.3 is 0 Å². The van der Waals surface area contributed by atoms with Crippen LogP contribution in [0.5, 0.6) is 0 Å². The molecular weight excluding hydrogens is 340 g/mol. The van der Waals surface area contributed by atoms with E-state index in [1.165, 1.54) is 11.3 Å². The van der Waals surface area contributed by atoms with Crippen LogP contribution in [0.1, 0.15) is 36.6 Å². The lowest BCUT2D eigenvalue weighted by molar-refractivity contribution is -0.115. The van der Waals surface area contributed by atoms with E-state index in [-0.39, 0.29) is 24.5 Å². The van der Waals surface area contributed by atoms with Crippen molar-refractivity contribution in [2.24, 2.45) is 0 Å². The first-order valence-electron chi connectivity index (χ1n) is 8.44. The van der Waals surface area contributed by atoms with Crippen LogP contribution in [-0.4, -0.2) is 46.2 Å². The molecule has 1 fully saturated rings. The molecule has 7 nitrogen and oxygen atoms in total. The van der Waals surface area contributed by atoms with E-state index in [4.69, 9.17) is 9.26 Å². The quantitative estimate of drug-likeness (QED) is 0.878. The first-order chi connectivity index (χ1) is 11.9. The molecule has 0 aromatic carbocycles. The number of carbonyl (C=O) groups is 1. The summed E-state index contributed by atoms with van der Waals surface area (Å²) in [5, 5.41) is 9.36. The molecular formula is C17H24N4O3S. The number of amides is 1. The average molecular weight is 364 g/mol. The summed E-state index contributed by atoms with van der Waals surface area (Å²) in [7, 11) is 0. The van der Waals surface area contributed by atoms with Crippen molar-refractivity contribution < 1.29 is 14.1 Å². The van der Waals surface area contributed by atoms with Crippen LogP contribution in [0, 0.1) is 13.8 Å². The lowest BCUT2D eigenvalue weighted by atomic mass is 10.1. The van der Waals surface area contributed by atoms with Gasteiger partial charge < -0.3 is 14.6 Å². The number of anilines is 1. The number of rotatable bonds is 5. The van der Waals surface area contributed by atoms with Crippen molar-refractivity contribution in [1.29, 1.82) is 0 Å². The van der Waals surface area contributed by atoms with E-state index >= 15 is 0 Å². The van der Waals surface area contributed by atoms with Crippen LogP contribution in [0.25, 0.3) is 0 Å². The van der Waals surface area contributed by atoms with Crippen molar-refractivity contribution in [1.82, 2.24) is 15.0 Å². The maximum atomic E-state index is 12.2. The van der Waals surface area contributed by atoms with Gasteiger partial charge in [-0.2, -0.15) is 0 Å². The lowest BCUT2D eigenvalue weighted by Crippen LogP contribution is -2.44. The van der Waals surface area contributed by atoms with E-state index in [2.05, 4.69) is 34.2 Å². The van der Waals surface area contributed by atoms with Gasteiger partial charge in [0.15, 0.2) is 5.13 Å². The maximum Gasteiger partial charge on any atom is 0.230 e. The van der Waals surface area contributed by atoms with Gasteiger partial charge in [0.25, 0.3) is 0 Å². The number of aromatic nitrogens is 2. The minimum absolute atomic E-state index is 0.107. The van der Waals surface area contributed by atoms with Gasteiger partial charge in [0.05, 0.1) is 30.0 Å². The molecule has 1 amide bonds. The van der Waals surface area contributed by atoms with Crippen LogP contribution >= 0.6 is 11.3 Å². The van der Waals surface area contributed by atoms with Crippen molar-refractivity contribution >= 4 is 22.4 Å². The number of hydrogen-bond acceptors (Lipinski definition) is 7. The Bertz CT molecular complexity index is 713. The standard InChI is InChI=1S/C17H24N4O3S/c1-10-6-21(7-11(2)23-10)8-14-9-25-17(18-14)19-16(22)5-15-12(3)20-24-13(15)4/h9-11H,5-8H2,1-4H3,(H,18,19,22). The summed E-state index contributed by atoms with van der Waals surface area (Å²) in [5.41, 5.74) is 2.56. The van der Waals surface area contributed by atoms with Crippen molar-refractivity contribution in [3.05, 3.63) is 28.1 Å². The Morgan fingerprint density at radius 3 is 2.72 bits per heavy atom. The number of hydrogen-bond donors (Lipinski definition) is 1. The Kier molecular flexibility index (Phi) is 5.51. The van der Waals surface area contributed by atoms with Crippen molar-refractivity contribution in [2.45, 2.75) is 52.9 Å². The van der Waals surface area contributed by atoms with Gasteiger partial charge in [-0.3, -0.25) is 9.69 Å². The number of ether oxygens (including phenoxy) is 1. The molecule has 2 aromatic rings. The zero-order chi connectivity index (χ0) is 18.0. The van der Waals surface area contributed by atoms with Gasteiger partial charge in [0, 0.05) is 30.6 Å². The fraction of sp³-hybridized carbons (Fsp3) is 0.588. The minimum atomic E-state index is -0.107. The second kappa shape index (κ2) is 7.63. The smallest absolute Gasteiger partial charge is 0.230 e. The summed E-state index contributed by atoms with van der Waals surface area (Å²) in [5.74, 6) is 0.576. The summed E-state index contributed by atoms with van der Waals surface area (Å²) in [6, 6.07) is 0. The summed E-state index contributed by atoms with van der Waals surface area (Å²) < 4.78 is 10.8. The van der Waals surface area contributed by atoms with Crippen LogP contribution in [0.4, 0.5) is 5.13 Å². The van der Waals surface area contributed by atoms with Crippen molar-refractivity contribution in [3.63, 3.8) is 0 Å². The molecule has 0 saturated carbocycles. The van der Waals surface area contributed by atoms with E-state index in [0.717, 1.165) is 36.6 Å². The van der Waals surface area contributed by atoms with E-state index < -0.39 is 0 Å². The summed E-state index contributed by atoms with van der Waals surface area (Å²) in [6.07, 6.45) is 0.711. The Morgan fingerprint density at radius 2 is 2.08 bits per heavy atom. The molecule has 25 heavy (non-hydrogen) atoms. The highest BCUT2D eigenvalue weighted by atomic mass is 32.1. The normalized spacial score (nSPS) is 21.4. The first-order valence-corrected chi connectivity index (χ1v) is 9.32.